The number of hydrogen-bond donors (Lipinski definition) is 1. The molecule has 2 aromatic rings. The van der Waals surface area contributed by atoms with Crippen LogP contribution in [0.2, 0.25) is 5.02 Å². The highest BCUT2D eigenvalue weighted by atomic mass is 35.5. The number of carbonyl (C=O) groups is 2. The Balaban J connectivity index is 2.24. The number of nitrogens with one attached hydrogen (secondary N) is 1. The fourth-order valence-electron chi connectivity index (χ4n) is 1.98. The summed E-state index contributed by atoms with van der Waals surface area (Å²) in [4.78, 5) is 24.3. The molecule has 118 valence electrons. The number of nitrogens with zero attached hydrogens (tertiary/aromatic N) is 3. The lowest BCUT2D eigenvalue weighted by Crippen LogP contribution is -2.38. The van der Waals surface area contributed by atoms with E-state index in [1.54, 1.807) is 44.2 Å². The summed E-state index contributed by atoms with van der Waals surface area (Å²) in [5, 5.41) is 16.3. The van der Waals surface area contributed by atoms with E-state index in [1.165, 1.54) is 17.1 Å². The third-order valence-corrected chi connectivity index (χ3v) is 3.26. The highest BCUT2D eigenvalue weighted by Crippen LogP contribution is 2.16. The molecule has 1 aromatic carbocycles. The predicted octanol–water partition coefficient (Wildman–Crippen LogP) is 2.37. The first-order chi connectivity index (χ1) is 10.9. The normalized spacial score (nSPS) is 11.8. The van der Waals surface area contributed by atoms with Gasteiger partial charge in [0, 0.05) is 17.3 Å². The van der Waals surface area contributed by atoms with Gasteiger partial charge in [0.05, 0.1) is 23.5 Å². The lowest BCUT2D eigenvalue weighted by Gasteiger charge is -2.11. The number of hydrogen-bond acceptors (Lipinski definition) is 4. The van der Waals surface area contributed by atoms with E-state index in [2.05, 4.69) is 10.4 Å². The van der Waals surface area contributed by atoms with E-state index in [4.69, 9.17) is 16.9 Å². The summed E-state index contributed by atoms with van der Waals surface area (Å²) in [5.41, 5.74) is 0.868. The maximum Gasteiger partial charge on any atom is 0.245 e. The largest absolute Gasteiger partial charge is 0.352 e. The summed E-state index contributed by atoms with van der Waals surface area (Å²) in [6.07, 6.45) is 2.80. The number of amides is 1. The number of rotatable bonds is 5. The van der Waals surface area contributed by atoms with Crippen LogP contribution in [0.3, 0.4) is 0 Å². The summed E-state index contributed by atoms with van der Waals surface area (Å²) in [5.74, 6) is -2.59. The second-order valence-corrected chi connectivity index (χ2v) is 5.68. The summed E-state index contributed by atoms with van der Waals surface area (Å²) < 4.78 is 1.47. The molecule has 0 aliphatic heterocycles. The zero-order chi connectivity index (χ0) is 17.0. The van der Waals surface area contributed by atoms with Gasteiger partial charge in [-0.1, -0.05) is 17.7 Å². The summed E-state index contributed by atoms with van der Waals surface area (Å²) >= 11 is 5.92. The molecule has 1 N–H and O–H groups in total. The Labute approximate surface area is 138 Å². The average Bonchev–Trinajstić information content (AvgIpc) is 2.97. The molecule has 0 bridgehead atoms. The van der Waals surface area contributed by atoms with Crippen LogP contribution in [0.4, 0.5) is 0 Å². The van der Waals surface area contributed by atoms with E-state index in [-0.39, 0.29) is 11.6 Å². The van der Waals surface area contributed by atoms with Gasteiger partial charge in [0.1, 0.15) is 0 Å². The number of nitriles is 1. The van der Waals surface area contributed by atoms with Gasteiger partial charge in [-0.15, -0.1) is 0 Å². The van der Waals surface area contributed by atoms with Crippen LogP contribution >= 0.6 is 11.6 Å². The second-order valence-electron chi connectivity index (χ2n) is 5.24. The van der Waals surface area contributed by atoms with E-state index in [9.17, 15) is 9.59 Å². The van der Waals surface area contributed by atoms with E-state index in [0.29, 0.717) is 10.7 Å². The fourth-order valence-corrected chi connectivity index (χ4v) is 2.17. The monoisotopic (exact) mass is 330 g/mol. The molecule has 1 amide bonds. The minimum atomic E-state index is -1.39. The zero-order valence-corrected chi connectivity index (χ0v) is 13.4. The van der Waals surface area contributed by atoms with Gasteiger partial charge in [0.2, 0.25) is 5.91 Å². The lowest BCUT2D eigenvalue weighted by atomic mass is 10.0. The third kappa shape index (κ3) is 3.96. The molecule has 0 spiro atoms. The zero-order valence-electron chi connectivity index (χ0n) is 12.7. The topological polar surface area (TPSA) is 87.8 Å². The second kappa shape index (κ2) is 7.07. The van der Waals surface area contributed by atoms with Crippen LogP contribution in [0, 0.1) is 17.2 Å². The first-order valence-electron chi connectivity index (χ1n) is 6.97. The lowest BCUT2D eigenvalue weighted by molar-refractivity contribution is -0.122. The maximum atomic E-state index is 12.3. The van der Waals surface area contributed by atoms with Crippen LogP contribution in [0.25, 0.3) is 5.69 Å². The van der Waals surface area contributed by atoms with Crippen molar-refractivity contribution in [1.29, 1.82) is 5.26 Å². The van der Waals surface area contributed by atoms with E-state index in [1.807, 2.05) is 0 Å². The SMILES string of the molecule is CC(C)NC(=O)[C@H](C#N)C(=O)c1cnn(-c2cccc(Cl)c2)c1. The van der Waals surface area contributed by atoms with Gasteiger partial charge < -0.3 is 5.32 Å². The highest BCUT2D eigenvalue weighted by molar-refractivity contribution is 6.30. The Kier molecular flexibility index (Phi) is 5.14. The van der Waals surface area contributed by atoms with Crippen molar-refractivity contribution in [3.8, 4) is 11.8 Å². The number of Topliss-reactive ketones (excluding diaryl/α,β-unsaturated/α-hetero) is 1. The molecule has 6 nitrogen and oxygen atoms in total. The number of aromatic nitrogens is 2. The van der Waals surface area contributed by atoms with Crippen molar-refractivity contribution in [2.45, 2.75) is 19.9 Å². The molecule has 0 saturated heterocycles. The number of halogens is 1. The van der Waals surface area contributed by atoms with Crippen LogP contribution in [-0.4, -0.2) is 27.5 Å². The average molecular weight is 331 g/mol. The third-order valence-electron chi connectivity index (χ3n) is 3.02. The molecule has 1 heterocycles. The fraction of sp³-hybridized carbons (Fsp3) is 0.250. The van der Waals surface area contributed by atoms with E-state index < -0.39 is 17.6 Å². The number of carbonyl (C=O) groups excluding carboxylic acids is 2. The number of benzene rings is 1. The first kappa shape index (κ1) is 16.7. The van der Waals surface area contributed by atoms with Crippen molar-refractivity contribution in [3.63, 3.8) is 0 Å². The van der Waals surface area contributed by atoms with E-state index >= 15 is 0 Å². The molecule has 0 unspecified atom stereocenters. The van der Waals surface area contributed by atoms with Crippen LogP contribution in [-0.2, 0) is 4.79 Å². The van der Waals surface area contributed by atoms with Crippen molar-refractivity contribution in [3.05, 3.63) is 47.2 Å². The molecule has 1 aromatic heterocycles. The molecule has 0 fully saturated rings. The van der Waals surface area contributed by atoms with Crippen molar-refractivity contribution < 1.29 is 9.59 Å². The van der Waals surface area contributed by atoms with Crippen LogP contribution in [0.1, 0.15) is 24.2 Å². The van der Waals surface area contributed by atoms with Crippen LogP contribution in [0.15, 0.2) is 36.7 Å². The van der Waals surface area contributed by atoms with Crippen molar-refractivity contribution in [2.24, 2.45) is 5.92 Å². The van der Waals surface area contributed by atoms with Gasteiger partial charge in [-0.3, -0.25) is 9.59 Å². The van der Waals surface area contributed by atoms with Crippen LogP contribution < -0.4 is 5.32 Å². The van der Waals surface area contributed by atoms with Crippen molar-refractivity contribution in [1.82, 2.24) is 15.1 Å². The minimum absolute atomic E-state index is 0.152. The predicted molar refractivity (Wildman–Crippen MR) is 85.3 cm³/mol. The highest BCUT2D eigenvalue weighted by Gasteiger charge is 2.28. The molecule has 0 saturated carbocycles. The summed E-state index contributed by atoms with van der Waals surface area (Å²) in [6, 6.07) is 8.54. The van der Waals surface area contributed by atoms with Gasteiger partial charge in [0.25, 0.3) is 0 Å². The Bertz CT molecular complexity index is 776. The van der Waals surface area contributed by atoms with Crippen molar-refractivity contribution in [2.75, 3.05) is 0 Å². The number of ketones is 1. The van der Waals surface area contributed by atoms with Crippen LogP contribution in [0.5, 0.6) is 0 Å². The molecule has 0 radical (unpaired) electrons. The molecular weight excluding hydrogens is 316 g/mol. The smallest absolute Gasteiger partial charge is 0.245 e. The van der Waals surface area contributed by atoms with Crippen molar-refractivity contribution >= 4 is 23.3 Å². The Morgan fingerprint density at radius 3 is 2.74 bits per heavy atom. The van der Waals surface area contributed by atoms with Gasteiger partial charge >= 0.3 is 0 Å². The van der Waals surface area contributed by atoms with Gasteiger partial charge in [-0.2, -0.15) is 10.4 Å². The molecule has 1 atom stereocenters. The molecule has 7 heteroatoms. The summed E-state index contributed by atoms with van der Waals surface area (Å²) in [7, 11) is 0. The minimum Gasteiger partial charge on any atom is -0.352 e. The molecule has 0 aliphatic rings. The Hall–Kier alpha value is -2.65. The molecule has 23 heavy (non-hydrogen) atoms. The Morgan fingerprint density at radius 1 is 1.39 bits per heavy atom. The Morgan fingerprint density at radius 2 is 2.13 bits per heavy atom. The standard InChI is InChI=1S/C16H15ClN4O2/c1-10(2)20-16(23)14(7-18)15(22)11-8-19-21(9-11)13-5-3-4-12(17)6-13/h3-6,8-10,14H,1-2H3,(H,20,23)/t14-/m1/s1. The first-order valence-corrected chi connectivity index (χ1v) is 7.35. The molecule has 0 aliphatic carbocycles. The van der Waals surface area contributed by atoms with Gasteiger partial charge in [-0.25, -0.2) is 4.68 Å². The molecule has 2 rings (SSSR count). The van der Waals surface area contributed by atoms with Gasteiger partial charge in [-0.05, 0) is 32.0 Å². The van der Waals surface area contributed by atoms with Gasteiger partial charge in [0.15, 0.2) is 11.7 Å². The summed E-state index contributed by atoms with van der Waals surface area (Å²) in [6.45, 7) is 3.52. The van der Waals surface area contributed by atoms with E-state index in [0.717, 1.165) is 0 Å². The molecular formula is C16H15ClN4O2. The maximum absolute atomic E-state index is 12.3. The quantitative estimate of drug-likeness (QED) is 0.673.